The first-order chi connectivity index (χ1) is 12.6. The molecule has 0 aromatic heterocycles. The van der Waals surface area contributed by atoms with Crippen molar-refractivity contribution in [2.24, 2.45) is 0 Å². The summed E-state index contributed by atoms with van der Waals surface area (Å²) >= 11 is 3.53. The number of benzene rings is 2. The van der Waals surface area contributed by atoms with Gasteiger partial charge in [0.15, 0.2) is 5.79 Å². The largest absolute Gasteiger partial charge is 0.392 e. The fourth-order valence-corrected chi connectivity index (χ4v) is 5.49. The number of hydrogen-bond donors (Lipinski definition) is 1. The lowest BCUT2D eigenvalue weighted by Gasteiger charge is -2.25. The summed E-state index contributed by atoms with van der Waals surface area (Å²) in [6.07, 6.45) is 1.71. The predicted molar refractivity (Wildman–Crippen MR) is 108 cm³/mol. The summed E-state index contributed by atoms with van der Waals surface area (Å²) in [7, 11) is 0. The molecule has 1 N–H and O–H groups in total. The van der Waals surface area contributed by atoms with Gasteiger partial charge in [0.05, 0.1) is 17.8 Å². The lowest BCUT2D eigenvalue weighted by Crippen LogP contribution is -2.25. The standard InChI is InChI=1S/C21H24O3S2/c1-21(2)23-15-19(24-21)18(13-14-22)20(25-16-9-5-3-6-10-16)26-17-11-7-4-8-12-17/h3-13,19-20,22H,14-15H2,1-2H3/b18-13-. The number of thioether (sulfide) groups is 2. The van der Waals surface area contributed by atoms with Crippen molar-refractivity contribution in [2.75, 3.05) is 13.2 Å². The highest BCUT2D eigenvalue weighted by atomic mass is 32.2. The molecule has 5 heteroatoms. The van der Waals surface area contributed by atoms with E-state index in [-0.39, 0.29) is 17.3 Å². The molecule has 0 amide bonds. The predicted octanol–water partition coefficient (Wildman–Crippen LogP) is 4.97. The maximum absolute atomic E-state index is 9.62. The van der Waals surface area contributed by atoms with Crippen molar-refractivity contribution < 1.29 is 14.6 Å². The van der Waals surface area contributed by atoms with Gasteiger partial charge < -0.3 is 14.6 Å². The smallest absolute Gasteiger partial charge is 0.163 e. The minimum atomic E-state index is -0.599. The Morgan fingerprint density at radius 3 is 2.04 bits per heavy atom. The third-order valence-electron chi connectivity index (χ3n) is 3.95. The van der Waals surface area contributed by atoms with E-state index in [0.717, 1.165) is 5.57 Å². The van der Waals surface area contributed by atoms with Crippen LogP contribution >= 0.6 is 23.5 Å². The van der Waals surface area contributed by atoms with Crippen LogP contribution in [0.2, 0.25) is 0 Å². The second-order valence-electron chi connectivity index (χ2n) is 6.40. The Balaban J connectivity index is 1.87. The summed E-state index contributed by atoms with van der Waals surface area (Å²) in [5.41, 5.74) is 1.06. The average Bonchev–Trinajstić information content (AvgIpc) is 3.00. The van der Waals surface area contributed by atoms with Crippen molar-refractivity contribution >= 4 is 23.5 Å². The Bertz CT molecular complexity index is 675. The molecule has 0 bridgehead atoms. The van der Waals surface area contributed by atoms with Gasteiger partial charge in [0, 0.05) is 9.79 Å². The Morgan fingerprint density at radius 1 is 1.08 bits per heavy atom. The topological polar surface area (TPSA) is 38.7 Å². The number of ether oxygens (including phenoxy) is 2. The van der Waals surface area contributed by atoms with E-state index >= 15 is 0 Å². The Morgan fingerprint density at radius 2 is 1.62 bits per heavy atom. The highest BCUT2D eigenvalue weighted by molar-refractivity contribution is 8.17. The Kier molecular flexibility index (Phi) is 6.84. The van der Waals surface area contributed by atoms with Crippen LogP contribution in [0.5, 0.6) is 0 Å². The van der Waals surface area contributed by atoms with Gasteiger partial charge in [-0.15, -0.1) is 23.5 Å². The van der Waals surface area contributed by atoms with E-state index in [1.807, 2.05) is 56.3 Å². The highest BCUT2D eigenvalue weighted by Crippen LogP contribution is 2.43. The van der Waals surface area contributed by atoms with Gasteiger partial charge in [-0.05, 0) is 43.7 Å². The monoisotopic (exact) mass is 388 g/mol. The van der Waals surface area contributed by atoms with Crippen LogP contribution in [0.1, 0.15) is 13.8 Å². The second-order valence-corrected chi connectivity index (χ2v) is 9.05. The normalized spacial score (nSPS) is 19.8. The molecule has 1 heterocycles. The summed E-state index contributed by atoms with van der Waals surface area (Å²) in [4.78, 5) is 2.37. The van der Waals surface area contributed by atoms with Crippen LogP contribution in [0.15, 0.2) is 82.1 Å². The molecular weight excluding hydrogens is 364 g/mol. The van der Waals surface area contributed by atoms with Crippen molar-refractivity contribution in [1.29, 1.82) is 0 Å². The van der Waals surface area contributed by atoms with Gasteiger partial charge in [-0.3, -0.25) is 0 Å². The minimum absolute atomic E-state index is 0.0170. The zero-order valence-electron chi connectivity index (χ0n) is 15.0. The van der Waals surface area contributed by atoms with E-state index in [4.69, 9.17) is 9.47 Å². The van der Waals surface area contributed by atoms with Gasteiger partial charge in [0.2, 0.25) is 0 Å². The lowest BCUT2D eigenvalue weighted by atomic mass is 10.1. The van der Waals surface area contributed by atoms with Gasteiger partial charge in [-0.1, -0.05) is 42.5 Å². The molecule has 26 heavy (non-hydrogen) atoms. The summed E-state index contributed by atoms with van der Waals surface area (Å²) in [6.45, 7) is 4.33. The summed E-state index contributed by atoms with van der Waals surface area (Å²) in [5.74, 6) is -0.599. The molecule has 0 radical (unpaired) electrons. The molecule has 2 aromatic carbocycles. The van der Waals surface area contributed by atoms with Crippen molar-refractivity contribution in [3.8, 4) is 0 Å². The third-order valence-corrected chi connectivity index (χ3v) is 6.59. The highest BCUT2D eigenvalue weighted by Gasteiger charge is 2.37. The fourth-order valence-electron chi connectivity index (χ4n) is 2.74. The molecule has 3 rings (SSSR count). The fraction of sp³-hybridized carbons (Fsp3) is 0.333. The number of rotatable bonds is 7. The number of aliphatic hydroxyl groups excluding tert-OH is 1. The van der Waals surface area contributed by atoms with Crippen LogP contribution in [-0.2, 0) is 9.47 Å². The van der Waals surface area contributed by atoms with Gasteiger partial charge in [-0.25, -0.2) is 0 Å². The molecule has 0 saturated carbocycles. The zero-order chi connectivity index (χ0) is 18.4. The van der Waals surface area contributed by atoms with E-state index in [1.165, 1.54) is 9.79 Å². The number of hydrogen-bond acceptors (Lipinski definition) is 5. The molecule has 3 nitrogen and oxygen atoms in total. The van der Waals surface area contributed by atoms with E-state index in [1.54, 1.807) is 23.5 Å². The maximum atomic E-state index is 9.62. The average molecular weight is 389 g/mol. The molecule has 1 fully saturated rings. The van der Waals surface area contributed by atoms with Gasteiger partial charge >= 0.3 is 0 Å². The Labute approximate surface area is 163 Å². The molecule has 1 aliphatic heterocycles. The molecule has 1 unspecified atom stereocenters. The van der Waals surface area contributed by atoms with E-state index in [0.29, 0.717) is 6.61 Å². The van der Waals surface area contributed by atoms with E-state index < -0.39 is 5.79 Å². The van der Waals surface area contributed by atoms with Crippen molar-refractivity contribution in [3.05, 3.63) is 72.3 Å². The molecular formula is C21H24O3S2. The number of aliphatic hydroxyl groups is 1. The maximum Gasteiger partial charge on any atom is 0.163 e. The van der Waals surface area contributed by atoms with Crippen LogP contribution in [0.25, 0.3) is 0 Å². The Hall–Kier alpha value is -1.24. The molecule has 0 aliphatic carbocycles. The first kappa shape index (κ1) is 19.5. The molecule has 138 valence electrons. The molecule has 1 atom stereocenters. The lowest BCUT2D eigenvalue weighted by molar-refractivity contribution is -0.134. The second kappa shape index (κ2) is 9.11. The molecule has 2 aromatic rings. The first-order valence-corrected chi connectivity index (χ1v) is 10.4. The van der Waals surface area contributed by atoms with E-state index in [2.05, 4.69) is 24.3 Å². The minimum Gasteiger partial charge on any atom is -0.392 e. The molecule has 1 saturated heterocycles. The molecule has 0 spiro atoms. The SMILES string of the molecule is CC1(C)OCC(/C(=C/CO)C(Sc2ccccc2)Sc2ccccc2)O1. The van der Waals surface area contributed by atoms with Crippen LogP contribution < -0.4 is 0 Å². The summed E-state index contributed by atoms with van der Waals surface area (Å²) in [5, 5.41) is 9.62. The van der Waals surface area contributed by atoms with Crippen LogP contribution in [0.3, 0.4) is 0 Å². The van der Waals surface area contributed by atoms with Crippen molar-refractivity contribution in [3.63, 3.8) is 0 Å². The quantitative estimate of drug-likeness (QED) is 0.412. The van der Waals surface area contributed by atoms with Crippen molar-refractivity contribution in [2.45, 2.75) is 40.1 Å². The third kappa shape index (κ3) is 5.38. The van der Waals surface area contributed by atoms with Crippen molar-refractivity contribution in [1.82, 2.24) is 0 Å². The van der Waals surface area contributed by atoms with Crippen LogP contribution in [0.4, 0.5) is 0 Å². The first-order valence-electron chi connectivity index (χ1n) is 8.63. The molecule has 1 aliphatic rings. The zero-order valence-corrected chi connectivity index (χ0v) is 16.6. The van der Waals surface area contributed by atoms with E-state index in [9.17, 15) is 5.11 Å². The summed E-state index contributed by atoms with van der Waals surface area (Å²) in [6, 6.07) is 20.6. The van der Waals surface area contributed by atoms with Gasteiger partial charge in [-0.2, -0.15) is 0 Å². The van der Waals surface area contributed by atoms with Gasteiger partial charge in [0.25, 0.3) is 0 Å². The van der Waals surface area contributed by atoms with Crippen LogP contribution in [0, 0.1) is 0 Å². The van der Waals surface area contributed by atoms with Crippen LogP contribution in [-0.4, -0.2) is 34.8 Å². The van der Waals surface area contributed by atoms with Gasteiger partial charge in [0.1, 0.15) is 6.10 Å². The summed E-state index contributed by atoms with van der Waals surface area (Å²) < 4.78 is 11.9.